The molecule has 0 bridgehead atoms. The summed E-state index contributed by atoms with van der Waals surface area (Å²) in [7, 11) is 2.12. The molecule has 0 spiro atoms. The maximum absolute atomic E-state index is 12.8. The summed E-state index contributed by atoms with van der Waals surface area (Å²) in [5, 5.41) is 22.7. The predicted octanol–water partition coefficient (Wildman–Crippen LogP) is 3.01. The van der Waals surface area contributed by atoms with Crippen LogP contribution in [-0.4, -0.2) is 97.9 Å². The highest BCUT2D eigenvalue weighted by atomic mass is 16.6. The van der Waals surface area contributed by atoms with Gasteiger partial charge in [-0.25, -0.2) is 14.3 Å². The van der Waals surface area contributed by atoms with Crippen molar-refractivity contribution in [3.05, 3.63) is 41.9 Å². The highest BCUT2D eigenvalue weighted by Gasteiger charge is 2.27. The van der Waals surface area contributed by atoms with Crippen LogP contribution < -0.4 is 15.0 Å². The molecule has 0 aliphatic carbocycles. The number of imidazole rings is 1. The number of likely N-dealkylation sites (N-methyl/N-ethyl adjacent to an activating group) is 1. The Morgan fingerprint density at radius 2 is 2.09 bits per heavy atom. The molecule has 2 atom stereocenters. The van der Waals surface area contributed by atoms with Gasteiger partial charge in [-0.05, 0) is 58.8 Å². The number of aromatic nitrogens is 6. The van der Waals surface area contributed by atoms with Crippen LogP contribution in [0.4, 0.5) is 10.6 Å². The fourth-order valence-corrected chi connectivity index (χ4v) is 5.82. The average Bonchev–Trinajstić information content (AvgIpc) is 3.70. The van der Waals surface area contributed by atoms with Crippen LogP contribution in [0.25, 0.3) is 16.6 Å². The SMILES string of the molecule is CN1CCCC1COc1nc(N2CCNC(CC#N)C2)c2ncc(Cc3cccc4c3cnn4C(=O)OC(C)(C)C)n2n1. The summed E-state index contributed by atoms with van der Waals surface area (Å²) in [4.78, 5) is 26.9. The topological polar surface area (TPSA) is 139 Å². The number of nitrogens with zero attached hydrogens (tertiary/aromatic N) is 9. The minimum absolute atomic E-state index is 0.0406. The molecule has 13 nitrogen and oxygen atoms in total. The molecule has 226 valence electrons. The van der Waals surface area contributed by atoms with Gasteiger partial charge in [-0.3, -0.25) is 0 Å². The first-order chi connectivity index (χ1) is 20.7. The van der Waals surface area contributed by atoms with Crippen molar-refractivity contribution >= 4 is 28.5 Å². The van der Waals surface area contributed by atoms with Crippen LogP contribution in [0.1, 0.15) is 51.3 Å². The van der Waals surface area contributed by atoms with Gasteiger partial charge in [0.2, 0.25) is 0 Å². The number of fused-ring (bicyclic) bond motifs is 2. The lowest BCUT2D eigenvalue weighted by Gasteiger charge is -2.33. The van der Waals surface area contributed by atoms with Crippen molar-refractivity contribution in [1.29, 1.82) is 5.26 Å². The van der Waals surface area contributed by atoms with Gasteiger partial charge in [0.1, 0.15) is 12.2 Å². The van der Waals surface area contributed by atoms with Gasteiger partial charge in [0, 0.05) is 43.5 Å². The van der Waals surface area contributed by atoms with E-state index in [1.165, 1.54) is 4.68 Å². The van der Waals surface area contributed by atoms with E-state index >= 15 is 0 Å². The zero-order valence-electron chi connectivity index (χ0n) is 25.2. The Hall–Kier alpha value is -4.28. The van der Waals surface area contributed by atoms with Crippen molar-refractivity contribution in [2.75, 3.05) is 44.7 Å². The molecule has 13 heteroatoms. The average molecular weight is 587 g/mol. The van der Waals surface area contributed by atoms with Gasteiger partial charge in [-0.1, -0.05) is 12.1 Å². The lowest BCUT2D eigenvalue weighted by atomic mass is 10.1. The van der Waals surface area contributed by atoms with Crippen molar-refractivity contribution in [2.24, 2.45) is 0 Å². The summed E-state index contributed by atoms with van der Waals surface area (Å²) in [6.45, 7) is 9.16. The van der Waals surface area contributed by atoms with Crippen LogP contribution in [0.2, 0.25) is 0 Å². The first kappa shape index (κ1) is 28.8. The molecule has 2 aliphatic heterocycles. The smallest absolute Gasteiger partial charge is 0.435 e. The second kappa shape index (κ2) is 11.8. The molecule has 0 amide bonds. The molecule has 6 rings (SSSR count). The van der Waals surface area contributed by atoms with E-state index in [-0.39, 0.29) is 6.04 Å². The number of nitrogens with one attached hydrogen (secondary N) is 1. The molecular formula is C30H38N10O3. The number of hydrogen-bond donors (Lipinski definition) is 1. The van der Waals surface area contributed by atoms with E-state index < -0.39 is 11.7 Å². The van der Waals surface area contributed by atoms with Gasteiger partial charge in [0.25, 0.3) is 0 Å². The second-order valence-corrected chi connectivity index (χ2v) is 12.3. The Kier molecular flexibility index (Phi) is 7.89. The van der Waals surface area contributed by atoms with Crippen molar-refractivity contribution in [3.63, 3.8) is 0 Å². The third kappa shape index (κ3) is 6.11. The maximum atomic E-state index is 12.8. The fraction of sp³-hybridized carbons (Fsp3) is 0.533. The van der Waals surface area contributed by atoms with Crippen LogP contribution in [0, 0.1) is 11.3 Å². The summed E-state index contributed by atoms with van der Waals surface area (Å²) in [5.74, 6) is 0.691. The Labute approximate surface area is 250 Å². The van der Waals surface area contributed by atoms with Crippen LogP contribution in [0.15, 0.2) is 30.6 Å². The van der Waals surface area contributed by atoms with Gasteiger partial charge in [0.05, 0.1) is 36.1 Å². The fourth-order valence-electron chi connectivity index (χ4n) is 5.82. The molecule has 4 aromatic rings. The first-order valence-corrected chi connectivity index (χ1v) is 14.8. The Morgan fingerprint density at radius 1 is 1.23 bits per heavy atom. The van der Waals surface area contributed by atoms with Crippen LogP contribution in [-0.2, 0) is 11.2 Å². The minimum Gasteiger partial charge on any atom is -0.461 e. The summed E-state index contributed by atoms with van der Waals surface area (Å²) in [6, 6.07) is 8.72. The van der Waals surface area contributed by atoms with E-state index in [1.54, 1.807) is 6.20 Å². The number of carbonyl (C=O) groups excluding carboxylic acids is 1. The molecule has 2 aliphatic rings. The number of benzene rings is 1. The monoisotopic (exact) mass is 586 g/mol. The van der Waals surface area contributed by atoms with Crippen molar-refractivity contribution in [2.45, 2.75) is 64.1 Å². The zero-order valence-corrected chi connectivity index (χ0v) is 25.2. The van der Waals surface area contributed by atoms with Crippen molar-refractivity contribution in [3.8, 4) is 12.1 Å². The van der Waals surface area contributed by atoms with Crippen LogP contribution in [0.5, 0.6) is 6.01 Å². The Bertz CT molecular complexity index is 1670. The largest absolute Gasteiger partial charge is 0.461 e. The maximum Gasteiger partial charge on any atom is 0.435 e. The normalized spacial score (nSPS) is 19.7. The number of anilines is 1. The first-order valence-electron chi connectivity index (χ1n) is 14.8. The van der Waals surface area contributed by atoms with Gasteiger partial charge in [0.15, 0.2) is 11.5 Å². The van der Waals surface area contributed by atoms with Gasteiger partial charge in [-0.2, -0.15) is 20.0 Å². The summed E-state index contributed by atoms with van der Waals surface area (Å²) in [6.07, 6.45) is 6.13. The van der Waals surface area contributed by atoms with Gasteiger partial charge in [-0.15, -0.1) is 5.10 Å². The molecule has 0 radical (unpaired) electrons. The highest BCUT2D eigenvalue weighted by Crippen LogP contribution is 2.27. The molecule has 2 fully saturated rings. The lowest BCUT2D eigenvalue weighted by Crippen LogP contribution is -2.51. The second-order valence-electron chi connectivity index (χ2n) is 12.3. The molecule has 1 aromatic carbocycles. The third-order valence-corrected chi connectivity index (χ3v) is 8.01. The predicted molar refractivity (Wildman–Crippen MR) is 160 cm³/mol. The lowest BCUT2D eigenvalue weighted by molar-refractivity contribution is 0.0522. The van der Waals surface area contributed by atoms with Crippen LogP contribution in [0.3, 0.4) is 0 Å². The molecule has 0 saturated carbocycles. The van der Waals surface area contributed by atoms with E-state index in [1.807, 2.05) is 49.7 Å². The number of hydrogen-bond acceptors (Lipinski definition) is 11. The number of rotatable bonds is 7. The van der Waals surface area contributed by atoms with Gasteiger partial charge < -0.3 is 24.6 Å². The standard InChI is InChI=1S/C30H38N10O3/c1-30(2,3)43-29(41)40-25-9-5-7-20(24(25)17-34-40)15-23-16-33-26-27(38-14-12-32-21(18-38)10-11-31)35-28(36-39(23)26)42-19-22-8-6-13-37(22)4/h5,7,9,16-17,21-22,32H,6,8,10,12-15,18-19H2,1-4H3. The van der Waals surface area contributed by atoms with E-state index in [0.717, 1.165) is 49.1 Å². The highest BCUT2D eigenvalue weighted by molar-refractivity contribution is 5.90. The van der Waals surface area contributed by atoms with Crippen molar-refractivity contribution < 1.29 is 14.3 Å². The molecule has 2 saturated heterocycles. The van der Waals surface area contributed by atoms with E-state index in [0.29, 0.717) is 55.0 Å². The summed E-state index contributed by atoms with van der Waals surface area (Å²) >= 11 is 0. The molecule has 43 heavy (non-hydrogen) atoms. The summed E-state index contributed by atoms with van der Waals surface area (Å²) < 4.78 is 14.9. The number of nitriles is 1. The summed E-state index contributed by atoms with van der Waals surface area (Å²) in [5.41, 5.74) is 2.50. The minimum atomic E-state index is -0.632. The quantitative estimate of drug-likeness (QED) is 0.342. The molecular weight excluding hydrogens is 548 g/mol. The Morgan fingerprint density at radius 3 is 2.86 bits per heavy atom. The Balaban J connectivity index is 1.35. The molecule has 1 N–H and O–H groups in total. The molecule has 3 aromatic heterocycles. The van der Waals surface area contributed by atoms with E-state index in [2.05, 4.69) is 33.3 Å². The number of likely N-dealkylation sites (tertiary alicyclic amines) is 1. The zero-order chi connectivity index (χ0) is 30.1. The number of ether oxygens (including phenoxy) is 2. The van der Waals surface area contributed by atoms with E-state index in [9.17, 15) is 10.1 Å². The van der Waals surface area contributed by atoms with Gasteiger partial charge >= 0.3 is 12.1 Å². The number of carbonyl (C=O) groups is 1. The molecule has 2 unspecified atom stereocenters. The van der Waals surface area contributed by atoms with Crippen LogP contribution >= 0.6 is 0 Å². The van der Waals surface area contributed by atoms with Crippen molar-refractivity contribution in [1.82, 2.24) is 39.6 Å². The number of piperazine rings is 1. The third-order valence-electron chi connectivity index (χ3n) is 8.01. The molecule has 5 heterocycles. The van der Waals surface area contributed by atoms with E-state index in [4.69, 9.17) is 24.5 Å².